The number of rotatable bonds is 13. The van der Waals surface area contributed by atoms with E-state index in [-0.39, 0.29) is 178 Å². The van der Waals surface area contributed by atoms with Gasteiger partial charge in [-0.25, -0.2) is 18.6 Å². The summed E-state index contributed by atoms with van der Waals surface area (Å²) >= 11 is 0. The fraction of sp³-hybridized carbons (Fsp3) is 0.763. The maximum absolute atomic E-state index is 13.1. The van der Waals surface area contributed by atoms with Gasteiger partial charge in [0.15, 0.2) is 0 Å². The number of nitrogens with one attached hydrogen (secondary N) is 1. The van der Waals surface area contributed by atoms with E-state index in [0.717, 1.165) is 25.7 Å². The number of ether oxygens (including phenoxy) is 1. The number of anilines is 1. The third-order valence-corrected chi connectivity index (χ3v) is 18.6. The molecule has 346 valence electrons. The molecular weight excluding hydrogens is 944 g/mol. The van der Waals surface area contributed by atoms with Crippen molar-refractivity contribution in [2.24, 2.45) is 46.3 Å². The van der Waals surface area contributed by atoms with Gasteiger partial charge in [0.2, 0.25) is 5.91 Å². The summed E-state index contributed by atoms with van der Waals surface area (Å²) in [6, 6.07) is 0. The summed E-state index contributed by atoms with van der Waals surface area (Å²) in [5, 5.41) is 47.7. The molecule has 2 aromatic rings. The Morgan fingerprint density at radius 1 is 1.00 bits per heavy atom. The van der Waals surface area contributed by atoms with E-state index in [1.54, 1.807) is 0 Å². The zero-order valence-electron chi connectivity index (χ0n) is 37.6. The van der Waals surface area contributed by atoms with Crippen LogP contribution in [0.4, 0.5) is 5.82 Å². The number of carbonyl (C=O) groups excluding carboxylic acids is 1. The van der Waals surface area contributed by atoms with Crippen LogP contribution >= 0.6 is 23.5 Å². The molecule has 0 spiro atoms. The van der Waals surface area contributed by atoms with Crippen molar-refractivity contribution in [3.05, 3.63) is 18.1 Å². The van der Waals surface area contributed by atoms with Crippen LogP contribution in [-0.4, -0.2) is 89.4 Å². The smallest absolute Gasteiger partial charge is 0.756 e. The summed E-state index contributed by atoms with van der Waals surface area (Å²) in [6.07, 6.45) is 3.98. The molecule has 3 unspecified atom stereocenters. The second-order valence-corrected chi connectivity index (χ2v) is 22.6. The number of phosphoric ester groups is 1. The number of aromatic nitrogens is 3. The Balaban J connectivity index is 0.00000308. The van der Waals surface area contributed by atoms with Gasteiger partial charge < -0.3 is 64.9 Å². The Morgan fingerprint density at radius 3 is 2.40 bits per heavy atom. The topological polar surface area (TPSA) is 344 Å². The Labute approximate surface area is 443 Å². The molecule has 4 aliphatic carbocycles. The van der Waals surface area contributed by atoms with Gasteiger partial charge in [0.1, 0.15) is 30.1 Å². The zero-order chi connectivity index (χ0) is 45.2. The maximum atomic E-state index is 13.1. The molecule has 1 aliphatic heterocycles. The molecular formula is C38H55N5Na3O16P3. The number of nitrogens with two attached hydrogens (primary N) is 1. The summed E-state index contributed by atoms with van der Waals surface area (Å²) in [6.45, 7) is 5.68. The van der Waals surface area contributed by atoms with Crippen LogP contribution in [0, 0.1) is 58.2 Å². The molecule has 3 heterocycles. The molecule has 65 heavy (non-hydrogen) atoms. The Morgan fingerprint density at radius 2 is 1.71 bits per heavy atom. The van der Waals surface area contributed by atoms with Crippen molar-refractivity contribution in [1.29, 1.82) is 0 Å². The van der Waals surface area contributed by atoms with Crippen molar-refractivity contribution in [1.82, 2.24) is 19.9 Å². The van der Waals surface area contributed by atoms with Gasteiger partial charge in [0, 0.05) is 19.0 Å². The number of nitrogens with zero attached hydrogens (tertiary/aromatic N) is 3. The van der Waals surface area contributed by atoms with Crippen molar-refractivity contribution in [3.8, 4) is 11.8 Å². The second-order valence-electron chi connectivity index (χ2n) is 18.3. The number of aliphatic hydroxyl groups excluding tert-OH is 4. The third kappa shape index (κ3) is 12.7. The Kier molecular flexibility index (Phi) is 20.3. The number of nitrogen functional groups attached to an aromatic ring is 1. The first kappa shape index (κ1) is 58.2. The van der Waals surface area contributed by atoms with Crippen molar-refractivity contribution < 1.29 is 165 Å². The molecule has 1 saturated heterocycles. The molecule has 2 aromatic heterocycles. The van der Waals surface area contributed by atoms with Crippen LogP contribution < -0.4 is 114 Å². The minimum absolute atomic E-state index is 0. The average Bonchev–Trinajstić information content (AvgIpc) is 3.84. The van der Waals surface area contributed by atoms with Crippen LogP contribution in [0.25, 0.3) is 11.0 Å². The van der Waals surface area contributed by atoms with Crippen LogP contribution in [-0.2, 0) is 36.4 Å². The van der Waals surface area contributed by atoms with E-state index in [1.165, 1.54) is 17.1 Å². The summed E-state index contributed by atoms with van der Waals surface area (Å²) in [4.78, 5) is 64.2. The number of aliphatic hydroxyl groups is 4. The fourth-order valence-corrected chi connectivity index (χ4v) is 14.9. The van der Waals surface area contributed by atoms with Gasteiger partial charge in [-0.3, -0.25) is 18.5 Å². The van der Waals surface area contributed by atoms with Crippen molar-refractivity contribution in [2.45, 2.75) is 122 Å². The first-order chi connectivity index (χ1) is 28.9. The van der Waals surface area contributed by atoms with Gasteiger partial charge in [-0.2, -0.15) is 0 Å². The Hall–Kier alpha value is 0.660. The van der Waals surface area contributed by atoms with Gasteiger partial charge in [0.25, 0.3) is 23.5 Å². The standard InChI is InChI=1S/C38H58N5O16P3.3Na/c1-20(24-7-8-25-34-26(15-30(47)38(24,25)3)37(2)11-10-23(44)13-22(37)14-28(34)46)6-9-31(48)40-12-4-5-21-17-43(36-33(21)35(39)41-19-42-36)32-16-27(45)29(57-32)18-56-61(52,53)59-62(54,55)58-60(49,50)51;;;/h17,19-20,22-30,32,34,44-47H,6-16,18H2,1-3H3,(H,40,48)(H,52,53)(H,54,55)(H2,39,41,42)(H2,49,50,51);;;/q;3*+1/p-3/t20-,22+,23-,24-,25+,26+,27+,28-,29-,30+,32-,34+,37+,38-;;;/m1.../s1. The molecule has 0 radical (unpaired) electrons. The monoisotopic (exact) mass is 999 g/mol. The SMILES string of the molecule is C[C@H](CCC(=O)NCC#Cc1cn([C@H]2C[C@H](O)[C@@H](COP(=O)([O-])OP(=O)([O-])OP(=O)([O-])O)O2)c2ncnc(N)c12)[C@H]1CC[C@H]2[C@@H]3[C@H](O)C[C@@H]4C[C@H](O)CC[C@]4(C)[C@H]3C[C@H](O)[C@]12C.[Na+].[Na+].[Na+]. The minimum atomic E-state index is -6.12. The van der Waals surface area contributed by atoms with Gasteiger partial charge in [-0.1, -0.05) is 32.6 Å². The van der Waals surface area contributed by atoms with Crippen molar-refractivity contribution in [3.63, 3.8) is 0 Å². The molecule has 5 aliphatic rings. The number of amides is 1. The summed E-state index contributed by atoms with van der Waals surface area (Å²) in [5.74, 6) is 6.80. The first-order valence-corrected chi connectivity index (χ1v) is 25.3. The first-order valence-electron chi connectivity index (χ1n) is 20.9. The maximum Gasteiger partial charge on any atom is 1.00 e. The van der Waals surface area contributed by atoms with Crippen LogP contribution in [0.1, 0.15) is 96.8 Å². The van der Waals surface area contributed by atoms with E-state index in [0.29, 0.717) is 36.6 Å². The molecule has 8 N–H and O–H groups in total. The molecule has 17 atom stereocenters. The van der Waals surface area contributed by atoms with E-state index in [4.69, 9.17) is 15.4 Å². The molecule has 0 aromatic carbocycles. The van der Waals surface area contributed by atoms with E-state index in [9.17, 15) is 53.6 Å². The largest absolute Gasteiger partial charge is 1.00 e. The molecule has 21 nitrogen and oxygen atoms in total. The number of carbonyl (C=O) groups is 1. The van der Waals surface area contributed by atoms with Crippen molar-refractivity contribution >= 4 is 46.2 Å². The molecule has 7 rings (SSSR count). The van der Waals surface area contributed by atoms with Crippen LogP contribution in [0.2, 0.25) is 0 Å². The summed E-state index contributed by atoms with van der Waals surface area (Å²) < 4.78 is 52.9. The third-order valence-electron chi connectivity index (χ3n) is 14.9. The normalized spacial score (nSPS) is 37.1. The summed E-state index contributed by atoms with van der Waals surface area (Å²) in [7, 11) is -17.8. The van der Waals surface area contributed by atoms with Crippen molar-refractivity contribution in [2.75, 3.05) is 18.9 Å². The average molecular weight is 1000 g/mol. The van der Waals surface area contributed by atoms with Gasteiger partial charge in [0.05, 0.1) is 48.5 Å². The number of phosphoric acid groups is 3. The van der Waals surface area contributed by atoms with Gasteiger partial charge in [-0.05, 0) is 97.7 Å². The second kappa shape index (κ2) is 22.6. The van der Waals surface area contributed by atoms with Crippen LogP contribution in [0.15, 0.2) is 12.5 Å². The number of hydrogen-bond donors (Lipinski definition) is 7. The van der Waals surface area contributed by atoms with Gasteiger partial charge in [-0.15, -0.1) is 0 Å². The van der Waals surface area contributed by atoms with Crippen LogP contribution in [0.5, 0.6) is 0 Å². The fourth-order valence-electron chi connectivity index (χ4n) is 12.0. The number of fused-ring (bicyclic) bond motifs is 6. The zero-order valence-corrected chi connectivity index (χ0v) is 46.2. The van der Waals surface area contributed by atoms with Gasteiger partial charge >= 0.3 is 88.7 Å². The number of hydrogen-bond acceptors (Lipinski definition) is 18. The summed E-state index contributed by atoms with van der Waals surface area (Å²) in [5.41, 5.74) is 6.39. The predicted octanol–water partition coefficient (Wildman–Crippen LogP) is -8.03. The quantitative estimate of drug-likeness (QED) is 0.0557. The van der Waals surface area contributed by atoms with Crippen LogP contribution in [0.3, 0.4) is 0 Å². The molecule has 1 amide bonds. The molecule has 5 fully saturated rings. The minimum Gasteiger partial charge on any atom is -0.756 e. The van der Waals surface area contributed by atoms with E-state index < -0.39 is 60.7 Å². The van der Waals surface area contributed by atoms with E-state index >= 15 is 0 Å². The predicted molar refractivity (Wildman–Crippen MR) is 212 cm³/mol. The molecule has 4 saturated carbocycles. The van der Waals surface area contributed by atoms with E-state index in [2.05, 4.69) is 61.0 Å². The molecule has 27 heteroatoms. The van der Waals surface area contributed by atoms with E-state index in [1.807, 2.05) is 0 Å². The Bertz CT molecular complexity index is 2230. The molecule has 0 bridgehead atoms.